The zero-order chi connectivity index (χ0) is 15.5. The first-order chi connectivity index (χ1) is 10.7. The molecule has 0 aliphatic carbocycles. The number of hydrogen-bond donors (Lipinski definition) is 1. The molecule has 5 heteroatoms. The van der Waals surface area contributed by atoms with Gasteiger partial charge in [-0.2, -0.15) is 0 Å². The molecule has 1 unspecified atom stereocenters. The summed E-state index contributed by atoms with van der Waals surface area (Å²) < 4.78 is 11.7. The third-order valence-corrected chi connectivity index (χ3v) is 4.94. The lowest BCUT2D eigenvalue weighted by Gasteiger charge is -2.38. The lowest BCUT2D eigenvalue weighted by atomic mass is 10.1. The van der Waals surface area contributed by atoms with Gasteiger partial charge in [0.1, 0.15) is 0 Å². The number of benzene rings is 2. The average Bonchev–Trinajstić information content (AvgIpc) is 2.55. The van der Waals surface area contributed by atoms with E-state index in [1.54, 1.807) is 0 Å². The van der Waals surface area contributed by atoms with Crippen molar-refractivity contribution in [2.24, 2.45) is 5.14 Å². The van der Waals surface area contributed by atoms with Gasteiger partial charge in [-0.1, -0.05) is 30.3 Å². The molecule has 1 aliphatic rings. The van der Waals surface area contributed by atoms with Gasteiger partial charge in [-0.25, -0.2) is 0 Å². The average molecular weight is 315 g/mol. The number of nitrogens with two attached hydrogens (primary N) is 1. The van der Waals surface area contributed by atoms with Crippen LogP contribution >= 0.6 is 0 Å². The summed E-state index contributed by atoms with van der Waals surface area (Å²) in [6, 6.07) is 16.2. The SMILES string of the molecule is Cc1ccccc1N1CCN(c2ccccc2[S+](N)[O-])CC1. The zero-order valence-corrected chi connectivity index (χ0v) is 13.6. The molecule has 22 heavy (non-hydrogen) atoms. The minimum absolute atomic E-state index is 0.715. The van der Waals surface area contributed by atoms with Crippen molar-refractivity contribution in [3.8, 4) is 0 Å². The summed E-state index contributed by atoms with van der Waals surface area (Å²) in [5.74, 6) is 0. The van der Waals surface area contributed by atoms with E-state index < -0.39 is 11.4 Å². The van der Waals surface area contributed by atoms with Crippen molar-refractivity contribution < 1.29 is 4.55 Å². The van der Waals surface area contributed by atoms with Crippen LogP contribution in [0.25, 0.3) is 0 Å². The largest absolute Gasteiger partial charge is 0.593 e. The number of hydrogen-bond acceptors (Lipinski definition) is 4. The summed E-state index contributed by atoms with van der Waals surface area (Å²) in [5, 5.41) is 5.59. The monoisotopic (exact) mass is 315 g/mol. The van der Waals surface area contributed by atoms with Gasteiger partial charge in [0.25, 0.3) is 0 Å². The number of piperazine rings is 1. The number of aryl methyl sites for hydroxylation is 1. The predicted molar refractivity (Wildman–Crippen MR) is 92.6 cm³/mol. The molecule has 0 saturated carbocycles. The molecule has 1 aliphatic heterocycles. The fourth-order valence-corrected chi connectivity index (χ4v) is 3.61. The molecule has 4 nitrogen and oxygen atoms in total. The predicted octanol–water partition coefficient (Wildman–Crippen LogP) is 2.30. The maximum absolute atomic E-state index is 11.7. The van der Waals surface area contributed by atoms with Crippen molar-refractivity contribution in [1.29, 1.82) is 0 Å². The van der Waals surface area contributed by atoms with Crippen LogP contribution in [0.2, 0.25) is 0 Å². The molecule has 0 bridgehead atoms. The molecule has 3 rings (SSSR count). The standard InChI is InChI=1S/C17H21N3OS/c1-14-6-2-3-7-15(14)19-10-12-20(13-11-19)16-8-4-5-9-17(16)22(18)21/h2-9H,10-13,18H2,1H3. The van der Waals surface area contributed by atoms with E-state index in [2.05, 4.69) is 41.0 Å². The Morgan fingerprint density at radius 3 is 1.95 bits per heavy atom. The van der Waals surface area contributed by atoms with Crippen molar-refractivity contribution in [3.05, 3.63) is 54.1 Å². The molecule has 1 saturated heterocycles. The van der Waals surface area contributed by atoms with Gasteiger partial charge in [-0.15, -0.1) is 5.14 Å². The summed E-state index contributed by atoms with van der Waals surface area (Å²) >= 11 is -1.45. The highest BCUT2D eigenvalue weighted by Gasteiger charge is 2.23. The summed E-state index contributed by atoms with van der Waals surface area (Å²) in [7, 11) is 0. The van der Waals surface area contributed by atoms with E-state index in [0.29, 0.717) is 4.90 Å². The van der Waals surface area contributed by atoms with Crippen molar-refractivity contribution in [3.63, 3.8) is 0 Å². The molecule has 116 valence electrons. The van der Waals surface area contributed by atoms with E-state index in [1.165, 1.54) is 11.3 Å². The molecule has 0 radical (unpaired) electrons. The van der Waals surface area contributed by atoms with Crippen LogP contribution in [0.15, 0.2) is 53.4 Å². The molecular formula is C17H21N3OS. The Labute approximate surface area is 134 Å². The molecule has 1 heterocycles. The Morgan fingerprint density at radius 2 is 1.36 bits per heavy atom. The summed E-state index contributed by atoms with van der Waals surface area (Å²) in [6.45, 7) is 5.87. The van der Waals surface area contributed by atoms with Gasteiger partial charge in [0.05, 0.1) is 17.0 Å². The minimum atomic E-state index is -1.45. The van der Waals surface area contributed by atoms with E-state index in [-0.39, 0.29) is 0 Å². The summed E-state index contributed by atoms with van der Waals surface area (Å²) in [5.41, 5.74) is 3.60. The Hall–Kier alpha value is -1.69. The normalized spacial score (nSPS) is 16.7. The van der Waals surface area contributed by atoms with E-state index in [0.717, 1.165) is 31.9 Å². The Bertz CT molecular complexity index is 639. The van der Waals surface area contributed by atoms with Crippen molar-refractivity contribution in [2.45, 2.75) is 11.8 Å². The van der Waals surface area contributed by atoms with Gasteiger partial charge < -0.3 is 14.4 Å². The number of nitrogens with zero attached hydrogens (tertiary/aromatic N) is 2. The maximum atomic E-state index is 11.7. The molecule has 1 fully saturated rings. The number of para-hydroxylation sites is 2. The number of rotatable bonds is 3. The smallest absolute Gasteiger partial charge is 0.196 e. The van der Waals surface area contributed by atoms with Crippen LogP contribution in [-0.2, 0) is 11.4 Å². The van der Waals surface area contributed by atoms with E-state index in [1.807, 2.05) is 24.3 Å². The van der Waals surface area contributed by atoms with Gasteiger partial charge in [-0.3, -0.25) is 0 Å². The molecule has 2 aromatic carbocycles. The van der Waals surface area contributed by atoms with Crippen molar-refractivity contribution in [1.82, 2.24) is 0 Å². The molecule has 2 N–H and O–H groups in total. The third kappa shape index (κ3) is 3.06. The molecule has 1 atom stereocenters. The minimum Gasteiger partial charge on any atom is -0.593 e. The Kier molecular flexibility index (Phi) is 4.57. The highest BCUT2D eigenvalue weighted by Crippen LogP contribution is 2.27. The van der Waals surface area contributed by atoms with Crippen LogP contribution in [0.4, 0.5) is 11.4 Å². The lowest BCUT2D eigenvalue weighted by molar-refractivity contribution is 0.594. The molecule has 2 aromatic rings. The highest BCUT2D eigenvalue weighted by atomic mass is 32.2. The van der Waals surface area contributed by atoms with Crippen LogP contribution in [0.5, 0.6) is 0 Å². The Balaban J connectivity index is 1.74. The van der Waals surface area contributed by atoms with Gasteiger partial charge in [-0.05, 0) is 30.7 Å². The third-order valence-electron chi connectivity index (χ3n) is 4.16. The fraction of sp³-hybridized carbons (Fsp3) is 0.294. The van der Waals surface area contributed by atoms with Gasteiger partial charge >= 0.3 is 0 Å². The first-order valence-corrected chi connectivity index (χ1v) is 8.69. The molecule has 0 amide bonds. The van der Waals surface area contributed by atoms with Crippen molar-refractivity contribution >= 4 is 22.7 Å². The fourth-order valence-electron chi connectivity index (χ4n) is 3.00. The van der Waals surface area contributed by atoms with Crippen LogP contribution in [0, 0.1) is 6.92 Å². The van der Waals surface area contributed by atoms with Gasteiger partial charge in [0.15, 0.2) is 4.90 Å². The summed E-state index contributed by atoms with van der Waals surface area (Å²) in [4.78, 5) is 5.40. The van der Waals surface area contributed by atoms with Gasteiger partial charge in [0, 0.05) is 31.9 Å². The van der Waals surface area contributed by atoms with Crippen LogP contribution < -0.4 is 14.9 Å². The molecule has 0 spiro atoms. The Morgan fingerprint density at radius 1 is 0.864 bits per heavy atom. The second kappa shape index (κ2) is 6.60. The first kappa shape index (κ1) is 15.2. The number of anilines is 2. The van der Waals surface area contributed by atoms with Crippen LogP contribution in [0.3, 0.4) is 0 Å². The molecular weight excluding hydrogens is 294 g/mol. The van der Waals surface area contributed by atoms with Gasteiger partial charge in [0.2, 0.25) is 0 Å². The lowest BCUT2D eigenvalue weighted by Crippen LogP contribution is -2.47. The van der Waals surface area contributed by atoms with Crippen molar-refractivity contribution in [2.75, 3.05) is 36.0 Å². The maximum Gasteiger partial charge on any atom is 0.196 e. The molecule has 0 aromatic heterocycles. The van der Waals surface area contributed by atoms with E-state index in [4.69, 9.17) is 5.14 Å². The quantitative estimate of drug-likeness (QED) is 0.883. The van der Waals surface area contributed by atoms with E-state index in [9.17, 15) is 4.55 Å². The van der Waals surface area contributed by atoms with Crippen LogP contribution in [0.1, 0.15) is 5.56 Å². The first-order valence-electron chi connectivity index (χ1n) is 7.47. The summed E-state index contributed by atoms with van der Waals surface area (Å²) in [6.07, 6.45) is 0. The second-order valence-electron chi connectivity index (χ2n) is 5.53. The van der Waals surface area contributed by atoms with E-state index >= 15 is 0 Å². The zero-order valence-electron chi connectivity index (χ0n) is 12.7. The van der Waals surface area contributed by atoms with Crippen LogP contribution in [-0.4, -0.2) is 30.7 Å². The topological polar surface area (TPSA) is 55.6 Å². The highest BCUT2D eigenvalue weighted by molar-refractivity contribution is 7.89. The second-order valence-corrected chi connectivity index (χ2v) is 6.56.